The van der Waals surface area contributed by atoms with Crippen LogP contribution in [-0.2, 0) is 4.74 Å². The van der Waals surface area contributed by atoms with Crippen molar-refractivity contribution >= 4 is 34.7 Å². The van der Waals surface area contributed by atoms with E-state index >= 15 is 0 Å². The predicted molar refractivity (Wildman–Crippen MR) is 63.7 cm³/mol. The van der Waals surface area contributed by atoms with Crippen LogP contribution in [0.4, 0.5) is 0 Å². The highest BCUT2D eigenvalue weighted by atomic mass is 35.5. The van der Waals surface area contributed by atoms with Crippen molar-refractivity contribution in [3.63, 3.8) is 0 Å². The Morgan fingerprint density at radius 1 is 1.53 bits per heavy atom. The molecular weight excluding hydrogens is 265 g/mol. The molecule has 0 atom stereocenters. The van der Waals surface area contributed by atoms with Gasteiger partial charge in [-0.2, -0.15) is 0 Å². The van der Waals surface area contributed by atoms with Crippen molar-refractivity contribution in [2.75, 3.05) is 6.61 Å². The molecule has 0 bridgehead atoms. The highest BCUT2D eigenvalue weighted by Crippen LogP contribution is 2.22. The van der Waals surface area contributed by atoms with Crippen molar-refractivity contribution in [2.45, 2.75) is 13.8 Å². The number of carbonyl (C=O) groups is 1. The predicted octanol–water partition coefficient (Wildman–Crippen LogP) is 2.52. The first-order valence-corrected chi connectivity index (χ1v) is 5.68. The summed E-state index contributed by atoms with van der Waals surface area (Å²) in [7, 11) is 0. The molecule has 7 heteroatoms. The van der Waals surface area contributed by atoms with Crippen molar-refractivity contribution < 1.29 is 9.53 Å². The van der Waals surface area contributed by atoms with Gasteiger partial charge in [0.25, 0.3) is 0 Å². The molecule has 2 aromatic rings. The monoisotopic (exact) mass is 273 g/mol. The van der Waals surface area contributed by atoms with Crippen molar-refractivity contribution in [3.05, 3.63) is 27.8 Å². The number of carbonyl (C=O) groups excluding carboxylic acids is 1. The lowest BCUT2D eigenvalue weighted by Crippen LogP contribution is -2.06. The van der Waals surface area contributed by atoms with Gasteiger partial charge in [0.1, 0.15) is 5.52 Å². The summed E-state index contributed by atoms with van der Waals surface area (Å²) in [5.74, 6) is -0.414. The molecule has 0 unspecified atom stereocenters. The molecule has 5 nitrogen and oxygen atoms in total. The maximum atomic E-state index is 11.7. The number of ether oxygens (including phenoxy) is 1. The number of nitrogens with zero attached hydrogens (tertiary/aromatic N) is 3. The minimum atomic E-state index is -0.414. The Bertz CT molecular complexity index is 595. The number of esters is 1. The Morgan fingerprint density at radius 2 is 2.24 bits per heavy atom. The summed E-state index contributed by atoms with van der Waals surface area (Å²) in [6.45, 7) is 3.79. The quantitative estimate of drug-likeness (QED) is 0.789. The second-order valence-electron chi connectivity index (χ2n) is 3.33. The van der Waals surface area contributed by atoms with Crippen LogP contribution in [-0.4, -0.2) is 27.2 Å². The Kier molecular flexibility index (Phi) is 3.22. The highest BCUT2D eigenvalue weighted by Gasteiger charge is 2.18. The first-order valence-electron chi connectivity index (χ1n) is 4.93. The third kappa shape index (κ3) is 2.08. The number of rotatable bonds is 2. The fourth-order valence-corrected chi connectivity index (χ4v) is 1.95. The Balaban J connectivity index is 2.64. The smallest absolute Gasteiger partial charge is 0.340 e. The van der Waals surface area contributed by atoms with E-state index in [1.165, 1.54) is 4.52 Å². The summed E-state index contributed by atoms with van der Waals surface area (Å²) in [6.07, 6.45) is 0. The molecule has 2 rings (SSSR count). The van der Waals surface area contributed by atoms with Gasteiger partial charge in [-0.3, -0.25) is 0 Å². The fourth-order valence-electron chi connectivity index (χ4n) is 1.53. The Labute approximate surface area is 107 Å². The van der Waals surface area contributed by atoms with Gasteiger partial charge < -0.3 is 4.74 Å². The zero-order valence-electron chi connectivity index (χ0n) is 9.20. The molecule has 0 aliphatic rings. The second-order valence-corrected chi connectivity index (χ2v) is 4.03. The minimum absolute atomic E-state index is 0.0246. The molecule has 0 aliphatic heterocycles. The largest absolute Gasteiger partial charge is 0.462 e. The van der Waals surface area contributed by atoms with Crippen molar-refractivity contribution in [1.29, 1.82) is 0 Å². The highest BCUT2D eigenvalue weighted by molar-refractivity contribution is 6.34. The molecule has 2 heterocycles. The summed E-state index contributed by atoms with van der Waals surface area (Å²) in [5.41, 5.74) is 1.55. The topological polar surface area (TPSA) is 56.5 Å². The standard InChI is InChI=1S/C10H9Cl2N3O2/c1-3-17-9(16)6-4-7-8(11)13-10(12)14-15(7)5(6)2/h4H,3H2,1-2H3. The van der Waals surface area contributed by atoms with Crippen LogP contribution in [0.3, 0.4) is 0 Å². The minimum Gasteiger partial charge on any atom is -0.462 e. The number of fused-ring (bicyclic) bond motifs is 1. The molecule has 0 radical (unpaired) electrons. The first-order chi connectivity index (χ1) is 8.04. The zero-order valence-corrected chi connectivity index (χ0v) is 10.7. The van der Waals surface area contributed by atoms with Crippen LogP contribution in [0.2, 0.25) is 10.4 Å². The van der Waals surface area contributed by atoms with Gasteiger partial charge in [-0.05, 0) is 31.5 Å². The lowest BCUT2D eigenvalue weighted by atomic mass is 10.2. The molecule has 0 fully saturated rings. The first kappa shape index (κ1) is 12.1. The summed E-state index contributed by atoms with van der Waals surface area (Å²) < 4.78 is 6.41. The number of halogens is 2. The van der Waals surface area contributed by atoms with E-state index in [0.29, 0.717) is 23.4 Å². The van der Waals surface area contributed by atoms with Gasteiger partial charge in [-0.1, -0.05) is 11.6 Å². The van der Waals surface area contributed by atoms with Crippen LogP contribution in [0, 0.1) is 6.92 Å². The molecule has 0 N–H and O–H groups in total. The summed E-state index contributed by atoms with van der Waals surface area (Å²) in [6, 6.07) is 1.59. The van der Waals surface area contributed by atoms with Crippen LogP contribution in [0.15, 0.2) is 6.07 Å². The molecule has 17 heavy (non-hydrogen) atoms. The van der Waals surface area contributed by atoms with E-state index in [-0.39, 0.29) is 10.4 Å². The summed E-state index contributed by atoms with van der Waals surface area (Å²) in [4.78, 5) is 15.5. The number of aryl methyl sites for hydroxylation is 1. The average Bonchev–Trinajstić information content (AvgIpc) is 2.57. The lowest BCUT2D eigenvalue weighted by Gasteiger charge is -2.00. The molecule has 90 valence electrons. The van der Waals surface area contributed by atoms with Crippen LogP contribution < -0.4 is 0 Å². The second kappa shape index (κ2) is 4.50. The maximum Gasteiger partial charge on any atom is 0.340 e. The van der Waals surface area contributed by atoms with Gasteiger partial charge in [0.2, 0.25) is 5.28 Å². The SMILES string of the molecule is CCOC(=O)c1cc2c(Cl)nc(Cl)nn2c1C. The maximum absolute atomic E-state index is 11.7. The van der Waals surface area contributed by atoms with Crippen molar-refractivity contribution in [1.82, 2.24) is 14.6 Å². The summed E-state index contributed by atoms with van der Waals surface area (Å²) >= 11 is 11.6. The van der Waals surface area contributed by atoms with Crippen LogP contribution in [0.1, 0.15) is 23.0 Å². The van der Waals surface area contributed by atoms with E-state index in [1.54, 1.807) is 19.9 Å². The van der Waals surface area contributed by atoms with E-state index in [0.717, 1.165) is 0 Å². The molecule has 0 aromatic carbocycles. The Hall–Kier alpha value is -1.33. The van der Waals surface area contributed by atoms with Gasteiger partial charge in [0, 0.05) is 0 Å². The van der Waals surface area contributed by atoms with E-state index in [1.807, 2.05) is 0 Å². The molecule has 0 spiro atoms. The average molecular weight is 274 g/mol. The molecular formula is C10H9Cl2N3O2. The van der Waals surface area contributed by atoms with Gasteiger partial charge in [-0.15, -0.1) is 5.10 Å². The number of aromatic nitrogens is 3. The zero-order chi connectivity index (χ0) is 12.6. The molecule has 0 saturated heterocycles. The van der Waals surface area contributed by atoms with Crippen LogP contribution >= 0.6 is 23.2 Å². The van der Waals surface area contributed by atoms with E-state index in [9.17, 15) is 4.79 Å². The van der Waals surface area contributed by atoms with Gasteiger partial charge in [-0.25, -0.2) is 14.3 Å². The van der Waals surface area contributed by atoms with Crippen LogP contribution in [0.5, 0.6) is 0 Å². The van der Waals surface area contributed by atoms with Crippen molar-refractivity contribution in [3.8, 4) is 0 Å². The van der Waals surface area contributed by atoms with Crippen LogP contribution in [0.25, 0.3) is 5.52 Å². The fraction of sp³-hybridized carbons (Fsp3) is 0.300. The molecule has 2 aromatic heterocycles. The van der Waals surface area contributed by atoms with E-state index in [2.05, 4.69) is 10.1 Å². The number of hydrogen-bond donors (Lipinski definition) is 0. The van der Waals surface area contributed by atoms with Gasteiger partial charge in [0.15, 0.2) is 5.15 Å². The molecule has 0 amide bonds. The Morgan fingerprint density at radius 3 is 2.88 bits per heavy atom. The van der Waals surface area contributed by atoms with E-state index < -0.39 is 5.97 Å². The van der Waals surface area contributed by atoms with Crippen molar-refractivity contribution in [2.24, 2.45) is 0 Å². The molecule has 0 aliphatic carbocycles. The molecule has 0 saturated carbocycles. The number of hydrogen-bond acceptors (Lipinski definition) is 4. The van der Waals surface area contributed by atoms with Gasteiger partial charge in [0.05, 0.1) is 17.9 Å². The third-order valence-corrected chi connectivity index (χ3v) is 2.73. The lowest BCUT2D eigenvalue weighted by molar-refractivity contribution is 0.0525. The van der Waals surface area contributed by atoms with E-state index in [4.69, 9.17) is 27.9 Å². The third-order valence-electron chi connectivity index (χ3n) is 2.30. The van der Waals surface area contributed by atoms with Gasteiger partial charge >= 0.3 is 5.97 Å². The normalized spacial score (nSPS) is 10.8. The summed E-state index contributed by atoms with van der Waals surface area (Å²) in [5, 5.41) is 4.20.